The third-order valence-electron chi connectivity index (χ3n) is 2.03. The van der Waals surface area contributed by atoms with Crippen LogP contribution in [-0.2, 0) is 6.18 Å². The van der Waals surface area contributed by atoms with Crippen molar-refractivity contribution in [2.24, 2.45) is 0 Å². The molecule has 1 aromatic heterocycles. The lowest BCUT2D eigenvalue weighted by Gasteiger charge is -2.14. The lowest BCUT2D eigenvalue weighted by molar-refractivity contribution is -0.139. The summed E-state index contributed by atoms with van der Waals surface area (Å²) in [4.78, 5) is 13.7. The van der Waals surface area contributed by atoms with Crippen molar-refractivity contribution in [2.75, 3.05) is 12.9 Å². The van der Waals surface area contributed by atoms with Crippen LogP contribution in [0.1, 0.15) is 18.1 Å². The third kappa shape index (κ3) is 2.61. The quantitative estimate of drug-likeness (QED) is 0.862. The molecule has 0 radical (unpaired) electrons. The summed E-state index contributed by atoms with van der Waals surface area (Å²) in [5.41, 5.74) is -2.95. The first-order valence-corrected chi connectivity index (χ1v) is 5.79. The van der Waals surface area contributed by atoms with Gasteiger partial charge >= 0.3 is 6.18 Å². The smallest absolute Gasteiger partial charge is 0.421 e. The molecule has 0 aliphatic heterocycles. The molecular weight excluding hydrogens is 269 g/mol. The van der Waals surface area contributed by atoms with Crippen molar-refractivity contribution in [2.45, 2.75) is 18.1 Å². The zero-order valence-electron chi connectivity index (χ0n) is 9.51. The summed E-state index contributed by atoms with van der Waals surface area (Å²) in [5, 5.41) is 8.76. The van der Waals surface area contributed by atoms with E-state index in [1.165, 1.54) is 6.07 Å². The monoisotopic (exact) mass is 278 g/mol. The average Bonchev–Trinajstić information content (AvgIpc) is 2.27. The molecule has 0 fully saturated rings. The number of pyridine rings is 1. The lowest BCUT2D eigenvalue weighted by Crippen LogP contribution is -2.20. The summed E-state index contributed by atoms with van der Waals surface area (Å²) in [6, 6.07) is 1.47. The number of rotatable bonds is 3. The number of nitrogens with zero attached hydrogens (tertiary/aromatic N) is 1. The number of ether oxygens (including phenoxy) is 1. The molecular formula is C10H9F3N2O2S. The molecule has 1 N–H and O–H groups in total. The Kier molecular flexibility index (Phi) is 4.29. The van der Waals surface area contributed by atoms with Gasteiger partial charge in [0.1, 0.15) is 11.6 Å². The van der Waals surface area contributed by atoms with Crippen molar-refractivity contribution < 1.29 is 17.9 Å². The van der Waals surface area contributed by atoms with E-state index in [-0.39, 0.29) is 5.03 Å². The molecule has 18 heavy (non-hydrogen) atoms. The van der Waals surface area contributed by atoms with Crippen molar-refractivity contribution in [3.63, 3.8) is 0 Å². The van der Waals surface area contributed by atoms with Crippen LogP contribution in [0.2, 0.25) is 0 Å². The molecule has 1 rings (SSSR count). The van der Waals surface area contributed by atoms with Crippen LogP contribution in [-0.4, -0.2) is 17.8 Å². The Morgan fingerprint density at radius 2 is 2.11 bits per heavy atom. The normalized spacial score (nSPS) is 11.1. The van der Waals surface area contributed by atoms with Gasteiger partial charge in [0, 0.05) is 0 Å². The first-order chi connectivity index (χ1) is 8.36. The van der Waals surface area contributed by atoms with E-state index >= 15 is 0 Å². The van der Waals surface area contributed by atoms with Gasteiger partial charge in [-0.2, -0.15) is 18.4 Å². The second-order valence-electron chi connectivity index (χ2n) is 3.11. The Morgan fingerprint density at radius 3 is 2.50 bits per heavy atom. The van der Waals surface area contributed by atoms with Crippen molar-refractivity contribution in [3.8, 4) is 11.8 Å². The molecule has 0 saturated heterocycles. The van der Waals surface area contributed by atoms with Gasteiger partial charge in [-0.05, 0) is 5.75 Å². The fraction of sp³-hybridized carbons (Fsp3) is 0.400. The number of hydrogen-bond donors (Lipinski definition) is 1. The van der Waals surface area contributed by atoms with Gasteiger partial charge in [-0.3, -0.25) is 4.79 Å². The zero-order chi connectivity index (χ0) is 13.9. The van der Waals surface area contributed by atoms with E-state index in [0.29, 0.717) is 5.75 Å². The summed E-state index contributed by atoms with van der Waals surface area (Å²) in [6.07, 6.45) is -4.83. The number of aromatic nitrogens is 1. The number of hydrogen-bond acceptors (Lipinski definition) is 4. The first-order valence-electron chi connectivity index (χ1n) is 4.81. The molecule has 98 valence electrons. The minimum Gasteiger partial charge on any atom is -0.491 e. The Labute approximate surface area is 105 Å². The average molecular weight is 278 g/mol. The van der Waals surface area contributed by atoms with Gasteiger partial charge in [-0.15, -0.1) is 11.8 Å². The number of nitrogens with one attached hydrogen (secondary N) is 1. The highest BCUT2D eigenvalue weighted by molar-refractivity contribution is 7.99. The number of alkyl halides is 3. The van der Waals surface area contributed by atoms with Gasteiger partial charge < -0.3 is 9.72 Å². The van der Waals surface area contributed by atoms with Gasteiger partial charge in [0.25, 0.3) is 5.56 Å². The second-order valence-corrected chi connectivity index (χ2v) is 4.38. The third-order valence-corrected chi connectivity index (χ3v) is 2.91. The Bertz CT molecular complexity index is 546. The van der Waals surface area contributed by atoms with Crippen molar-refractivity contribution in [3.05, 3.63) is 21.5 Å². The molecule has 0 bridgehead atoms. The first kappa shape index (κ1) is 14.4. The van der Waals surface area contributed by atoms with Gasteiger partial charge in [0.15, 0.2) is 5.75 Å². The molecule has 1 heterocycles. The van der Waals surface area contributed by atoms with Crippen LogP contribution in [0.25, 0.3) is 0 Å². The summed E-state index contributed by atoms with van der Waals surface area (Å²) < 4.78 is 43.1. The molecule has 0 spiro atoms. The number of nitriles is 1. The molecule has 0 unspecified atom stereocenters. The Hall–Kier alpha value is -1.62. The summed E-state index contributed by atoms with van der Waals surface area (Å²) in [6.45, 7) is 1.70. The van der Waals surface area contributed by atoms with Crippen LogP contribution in [0.15, 0.2) is 9.82 Å². The van der Waals surface area contributed by atoms with Gasteiger partial charge in [0.2, 0.25) is 0 Å². The molecule has 0 saturated carbocycles. The predicted octanol–water partition coefficient (Wildman–Crippen LogP) is 2.39. The van der Waals surface area contributed by atoms with Crippen LogP contribution in [0.3, 0.4) is 0 Å². The molecule has 0 atom stereocenters. The van der Waals surface area contributed by atoms with E-state index in [9.17, 15) is 18.0 Å². The molecule has 4 nitrogen and oxygen atoms in total. The standard InChI is InChI=1S/C10H9F3N2O2S/c1-3-18-9-5(4-14)6(10(11,12)13)7(17-2)8(16)15-9/h3H2,1-2H3,(H,15,16). The van der Waals surface area contributed by atoms with Gasteiger partial charge in [-0.1, -0.05) is 6.92 Å². The van der Waals surface area contributed by atoms with Crippen LogP contribution in [0.5, 0.6) is 5.75 Å². The lowest BCUT2D eigenvalue weighted by atomic mass is 10.1. The number of halogens is 3. The maximum Gasteiger partial charge on any atom is 0.421 e. The Balaban J connectivity index is 3.72. The minimum atomic E-state index is -4.83. The van der Waals surface area contributed by atoms with E-state index in [2.05, 4.69) is 9.72 Å². The number of aromatic amines is 1. The SMILES string of the molecule is CCSc1[nH]c(=O)c(OC)c(C(F)(F)F)c1C#N. The topological polar surface area (TPSA) is 65.9 Å². The number of methoxy groups -OCH3 is 1. The van der Waals surface area contributed by atoms with Crippen LogP contribution in [0, 0.1) is 11.3 Å². The number of H-pyrrole nitrogens is 1. The molecule has 0 aliphatic rings. The van der Waals surface area contributed by atoms with Crippen LogP contribution in [0.4, 0.5) is 13.2 Å². The molecule has 0 amide bonds. The summed E-state index contributed by atoms with van der Waals surface area (Å²) in [5.74, 6) is -0.465. The van der Waals surface area contributed by atoms with E-state index in [0.717, 1.165) is 18.9 Å². The highest BCUT2D eigenvalue weighted by atomic mass is 32.2. The second kappa shape index (κ2) is 5.35. The van der Waals surface area contributed by atoms with Crippen LogP contribution < -0.4 is 10.3 Å². The maximum atomic E-state index is 12.9. The largest absolute Gasteiger partial charge is 0.491 e. The highest BCUT2D eigenvalue weighted by Gasteiger charge is 2.40. The summed E-state index contributed by atoms with van der Waals surface area (Å²) in [7, 11) is 0.952. The fourth-order valence-corrected chi connectivity index (χ4v) is 2.13. The van der Waals surface area contributed by atoms with Crippen molar-refractivity contribution in [1.82, 2.24) is 4.98 Å². The van der Waals surface area contributed by atoms with Gasteiger partial charge in [0.05, 0.1) is 17.7 Å². The maximum absolute atomic E-state index is 12.9. The highest BCUT2D eigenvalue weighted by Crippen LogP contribution is 2.39. The van der Waals surface area contributed by atoms with Crippen molar-refractivity contribution in [1.29, 1.82) is 5.26 Å². The number of thioether (sulfide) groups is 1. The van der Waals surface area contributed by atoms with E-state index in [4.69, 9.17) is 5.26 Å². The summed E-state index contributed by atoms with van der Waals surface area (Å²) >= 11 is 0.957. The molecule has 1 aromatic rings. The van der Waals surface area contributed by atoms with Crippen molar-refractivity contribution >= 4 is 11.8 Å². The molecule has 8 heteroatoms. The predicted molar refractivity (Wildman–Crippen MR) is 59.7 cm³/mol. The van der Waals surface area contributed by atoms with E-state index in [1.807, 2.05) is 0 Å². The van der Waals surface area contributed by atoms with E-state index < -0.39 is 28.6 Å². The fourth-order valence-electron chi connectivity index (χ4n) is 1.39. The molecule has 0 aliphatic carbocycles. The minimum absolute atomic E-state index is 0.0990. The zero-order valence-corrected chi connectivity index (χ0v) is 10.3. The Morgan fingerprint density at radius 1 is 1.50 bits per heavy atom. The van der Waals surface area contributed by atoms with Gasteiger partial charge in [-0.25, -0.2) is 0 Å². The van der Waals surface area contributed by atoms with Crippen LogP contribution >= 0.6 is 11.8 Å². The van der Waals surface area contributed by atoms with E-state index in [1.54, 1.807) is 6.92 Å². The molecule has 0 aromatic carbocycles.